The first-order valence-corrected chi connectivity index (χ1v) is 14.2. The number of aliphatic hydroxyl groups excluding tert-OH is 1. The quantitative estimate of drug-likeness (QED) is 0.566. The van der Waals surface area contributed by atoms with Crippen molar-refractivity contribution in [3.63, 3.8) is 0 Å². The number of amides is 1. The normalized spacial score (nSPS) is 27.9. The van der Waals surface area contributed by atoms with Crippen molar-refractivity contribution in [2.45, 2.75) is 70.3 Å². The summed E-state index contributed by atoms with van der Waals surface area (Å²) in [5.41, 5.74) is 1.71. The average Bonchev–Trinajstić information content (AvgIpc) is 3.18. The number of nitrogens with zero attached hydrogens (tertiary/aromatic N) is 4. The molecular weight excluding hydrogens is 516 g/mol. The summed E-state index contributed by atoms with van der Waals surface area (Å²) >= 11 is 0. The van der Waals surface area contributed by atoms with Crippen LogP contribution in [0.4, 0.5) is 14.5 Å². The maximum atomic E-state index is 13.9. The van der Waals surface area contributed by atoms with Crippen LogP contribution in [0.1, 0.15) is 57.5 Å². The van der Waals surface area contributed by atoms with Gasteiger partial charge >= 0.3 is 0 Å². The van der Waals surface area contributed by atoms with Gasteiger partial charge in [-0.25, -0.2) is 8.78 Å². The number of ether oxygens (including phenoxy) is 1. The van der Waals surface area contributed by atoms with Crippen molar-refractivity contribution in [2.75, 3.05) is 50.8 Å². The van der Waals surface area contributed by atoms with Crippen LogP contribution in [0.15, 0.2) is 30.5 Å². The molecule has 1 amide bonds. The SMILES string of the molecule is CC1CN(CC(=O)N2CC(C)(C)c3ncc(C(O)c4ccc(F)c(F)c4)cc32)[C@@H](CN2[C@H](C)COC[C@H]2C)CN1. The Hall–Kier alpha value is -2.50. The monoisotopic (exact) mass is 557 g/mol. The number of benzene rings is 1. The van der Waals surface area contributed by atoms with Crippen molar-refractivity contribution < 1.29 is 23.4 Å². The molecule has 0 radical (unpaired) electrons. The number of morpholine rings is 1. The second-order valence-electron chi connectivity index (χ2n) is 12.4. The largest absolute Gasteiger partial charge is 0.384 e. The van der Waals surface area contributed by atoms with E-state index in [2.05, 4.69) is 54.7 Å². The predicted molar refractivity (Wildman–Crippen MR) is 149 cm³/mol. The summed E-state index contributed by atoms with van der Waals surface area (Å²) in [6.45, 7) is 15.2. The van der Waals surface area contributed by atoms with E-state index in [1.807, 2.05) is 0 Å². The van der Waals surface area contributed by atoms with Crippen molar-refractivity contribution in [3.05, 3.63) is 58.9 Å². The Bertz CT molecular complexity index is 1230. The van der Waals surface area contributed by atoms with Crippen LogP contribution in [0.3, 0.4) is 0 Å². The lowest BCUT2D eigenvalue weighted by molar-refractivity contribution is -0.121. The zero-order chi connectivity index (χ0) is 28.8. The first-order valence-electron chi connectivity index (χ1n) is 14.2. The minimum Gasteiger partial charge on any atom is -0.384 e. The molecule has 0 spiro atoms. The van der Waals surface area contributed by atoms with Crippen molar-refractivity contribution in [1.29, 1.82) is 0 Å². The molecular formula is C30H41F2N5O3. The zero-order valence-corrected chi connectivity index (χ0v) is 24.0. The second-order valence-corrected chi connectivity index (χ2v) is 12.4. The number of nitrogens with one attached hydrogen (secondary N) is 1. The minimum absolute atomic E-state index is 0.0183. The van der Waals surface area contributed by atoms with E-state index in [1.165, 1.54) is 6.07 Å². The molecule has 5 atom stereocenters. The molecule has 40 heavy (non-hydrogen) atoms. The first-order chi connectivity index (χ1) is 18.9. The van der Waals surface area contributed by atoms with E-state index in [1.54, 1.807) is 17.2 Å². The summed E-state index contributed by atoms with van der Waals surface area (Å²) < 4.78 is 33.0. The van der Waals surface area contributed by atoms with Gasteiger partial charge in [0, 0.05) is 67.5 Å². The van der Waals surface area contributed by atoms with Crippen molar-refractivity contribution >= 4 is 11.6 Å². The van der Waals surface area contributed by atoms with Gasteiger partial charge < -0.3 is 20.1 Å². The van der Waals surface area contributed by atoms with E-state index in [0.717, 1.165) is 37.5 Å². The van der Waals surface area contributed by atoms with Gasteiger partial charge in [-0.2, -0.15) is 0 Å². The highest BCUT2D eigenvalue weighted by atomic mass is 19.2. The topological polar surface area (TPSA) is 81.2 Å². The lowest BCUT2D eigenvalue weighted by Crippen LogP contribution is -2.63. The molecule has 2 saturated heterocycles. The molecule has 0 bridgehead atoms. The third kappa shape index (κ3) is 5.78. The standard InChI is InChI=1S/C30H41F2N5O3/c1-18-12-35(23(11-33-18)13-36-19(2)15-40-16-20(36)3)14-27(38)37-17-30(4,5)29-26(37)9-22(10-34-29)28(39)21-6-7-24(31)25(32)8-21/h6-10,18-20,23,28,33,39H,11-17H2,1-5H3/t18?,19-,20-,23-,28?/m1/s1. The Morgan fingerprint density at radius 1 is 1.15 bits per heavy atom. The molecule has 0 saturated carbocycles. The van der Waals surface area contributed by atoms with E-state index >= 15 is 0 Å². The molecule has 2 fully saturated rings. The van der Waals surface area contributed by atoms with Crippen molar-refractivity contribution in [1.82, 2.24) is 20.1 Å². The molecule has 4 heterocycles. The summed E-state index contributed by atoms with van der Waals surface area (Å²) in [4.78, 5) is 25.1. The minimum atomic E-state index is -1.20. The van der Waals surface area contributed by atoms with Gasteiger partial charge in [0.25, 0.3) is 0 Å². The number of rotatable bonds is 6. The molecule has 10 heteroatoms. The van der Waals surface area contributed by atoms with Crippen LogP contribution in [-0.2, 0) is 14.9 Å². The van der Waals surface area contributed by atoms with E-state index in [0.29, 0.717) is 43.1 Å². The van der Waals surface area contributed by atoms with E-state index < -0.39 is 17.7 Å². The first kappa shape index (κ1) is 29.0. The molecule has 1 aromatic carbocycles. The van der Waals surface area contributed by atoms with Gasteiger partial charge in [-0.15, -0.1) is 0 Å². The lowest BCUT2D eigenvalue weighted by atomic mass is 9.90. The van der Waals surface area contributed by atoms with E-state index in [-0.39, 0.29) is 35.5 Å². The van der Waals surface area contributed by atoms with Crippen LogP contribution < -0.4 is 10.2 Å². The van der Waals surface area contributed by atoms with E-state index in [4.69, 9.17) is 4.74 Å². The van der Waals surface area contributed by atoms with Crippen molar-refractivity contribution in [3.8, 4) is 0 Å². The molecule has 5 rings (SSSR count). The fourth-order valence-corrected chi connectivity index (χ4v) is 6.30. The third-order valence-electron chi connectivity index (χ3n) is 8.59. The van der Waals surface area contributed by atoms with Gasteiger partial charge in [-0.05, 0) is 44.5 Å². The van der Waals surface area contributed by atoms with Crippen LogP contribution in [0, 0.1) is 11.6 Å². The van der Waals surface area contributed by atoms with Gasteiger partial charge in [0.1, 0.15) is 6.10 Å². The number of pyridine rings is 1. The summed E-state index contributed by atoms with van der Waals surface area (Å²) in [5.74, 6) is -2.01. The number of fused-ring (bicyclic) bond motifs is 1. The number of carbonyl (C=O) groups excluding carboxylic acids is 1. The fourth-order valence-electron chi connectivity index (χ4n) is 6.30. The maximum Gasteiger partial charge on any atom is 0.241 e. The van der Waals surface area contributed by atoms with E-state index in [9.17, 15) is 18.7 Å². The average molecular weight is 558 g/mol. The van der Waals surface area contributed by atoms with Gasteiger partial charge in [-0.1, -0.05) is 19.9 Å². The van der Waals surface area contributed by atoms with Crippen LogP contribution in [0.2, 0.25) is 0 Å². The molecule has 3 aliphatic heterocycles. The van der Waals surface area contributed by atoms with Crippen molar-refractivity contribution in [2.24, 2.45) is 0 Å². The Morgan fingerprint density at radius 3 is 2.58 bits per heavy atom. The Morgan fingerprint density at radius 2 is 1.88 bits per heavy atom. The van der Waals surface area contributed by atoms with Crippen LogP contribution >= 0.6 is 0 Å². The zero-order valence-electron chi connectivity index (χ0n) is 24.0. The summed E-state index contributed by atoms with van der Waals surface area (Å²) in [6.07, 6.45) is 0.351. The molecule has 0 aliphatic carbocycles. The summed E-state index contributed by atoms with van der Waals surface area (Å²) in [6, 6.07) is 6.18. The summed E-state index contributed by atoms with van der Waals surface area (Å²) in [7, 11) is 0. The molecule has 2 aromatic rings. The van der Waals surface area contributed by atoms with Crippen LogP contribution in [-0.4, -0.2) is 95.9 Å². The molecule has 218 valence electrons. The fraction of sp³-hybridized carbons (Fsp3) is 0.600. The lowest BCUT2D eigenvalue weighted by Gasteiger charge is -2.46. The molecule has 2 N–H and O–H groups in total. The number of aliphatic hydroxyl groups is 1. The smallest absolute Gasteiger partial charge is 0.241 e. The predicted octanol–water partition coefficient (Wildman–Crippen LogP) is 2.84. The Kier molecular flexibility index (Phi) is 8.27. The second kappa shape index (κ2) is 11.4. The number of halogens is 2. The molecule has 3 aliphatic rings. The van der Waals surface area contributed by atoms with Gasteiger partial charge in [0.05, 0.1) is 31.1 Å². The highest BCUT2D eigenvalue weighted by Crippen LogP contribution is 2.41. The van der Waals surface area contributed by atoms with Gasteiger partial charge in [0.15, 0.2) is 11.6 Å². The molecule has 1 aromatic heterocycles. The summed E-state index contributed by atoms with van der Waals surface area (Å²) in [5, 5.41) is 14.5. The number of piperazine rings is 1. The number of hydrogen-bond acceptors (Lipinski definition) is 7. The Labute approximate surface area is 235 Å². The van der Waals surface area contributed by atoms with Gasteiger partial charge in [0.2, 0.25) is 5.91 Å². The highest BCUT2D eigenvalue weighted by molar-refractivity contribution is 5.97. The number of anilines is 1. The number of carbonyl (C=O) groups is 1. The van der Waals surface area contributed by atoms with Crippen LogP contribution in [0.5, 0.6) is 0 Å². The third-order valence-corrected chi connectivity index (χ3v) is 8.59. The van der Waals surface area contributed by atoms with Gasteiger partial charge in [-0.3, -0.25) is 19.6 Å². The molecule has 2 unspecified atom stereocenters. The number of hydrogen-bond donors (Lipinski definition) is 2. The molecule has 8 nitrogen and oxygen atoms in total. The van der Waals surface area contributed by atoms with Crippen LogP contribution in [0.25, 0.3) is 0 Å². The Balaban J connectivity index is 1.37. The number of aromatic nitrogens is 1. The maximum absolute atomic E-state index is 13.9. The highest BCUT2D eigenvalue weighted by Gasteiger charge is 2.41.